The minimum absolute atomic E-state index is 0.925. The fourth-order valence-corrected chi connectivity index (χ4v) is 3.18. The smallest absolute Gasteiger partial charge is 0.121 e. The topological polar surface area (TPSA) is 34.2 Å². The molecule has 0 atom stereocenters. The van der Waals surface area contributed by atoms with Crippen molar-refractivity contribution in [2.45, 2.75) is 27.2 Å². The predicted molar refractivity (Wildman–Crippen MR) is 85.8 cm³/mol. The molecule has 0 aliphatic carbocycles. The molecule has 0 fully saturated rings. The molecule has 0 amide bonds. The lowest BCUT2D eigenvalue weighted by atomic mass is 10.1. The lowest BCUT2D eigenvalue weighted by molar-refractivity contribution is 0.412. The van der Waals surface area contributed by atoms with Crippen LogP contribution in [-0.2, 0) is 6.42 Å². The molecule has 0 radical (unpaired) electrons. The molecule has 20 heavy (non-hydrogen) atoms. The maximum atomic E-state index is 5.31. The van der Waals surface area contributed by atoms with Crippen LogP contribution in [0.2, 0.25) is 0 Å². The SMILES string of the molecule is CCNCCc1nc(-c2ccc(OC)c(C)c2)c(C)s1. The Morgan fingerprint density at radius 3 is 2.75 bits per heavy atom. The van der Waals surface area contributed by atoms with Gasteiger partial charge in [-0.1, -0.05) is 6.92 Å². The van der Waals surface area contributed by atoms with Crippen LogP contribution in [0.3, 0.4) is 0 Å². The van der Waals surface area contributed by atoms with Gasteiger partial charge in [0.1, 0.15) is 5.75 Å². The molecule has 0 saturated carbocycles. The van der Waals surface area contributed by atoms with E-state index in [4.69, 9.17) is 9.72 Å². The molecule has 0 bridgehead atoms. The van der Waals surface area contributed by atoms with Crippen molar-refractivity contribution in [1.82, 2.24) is 10.3 Å². The van der Waals surface area contributed by atoms with Gasteiger partial charge in [-0.05, 0) is 44.2 Å². The number of aryl methyl sites for hydroxylation is 2. The van der Waals surface area contributed by atoms with Crippen LogP contribution in [0.1, 0.15) is 22.4 Å². The van der Waals surface area contributed by atoms with Gasteiger partial charge in [0.2, 0.25) is 0 Å². The number of hydrogen-bond acceptors (Lipinski definition) is 4. The Kier molecular flexibility index (Phi) is 5.15. The first-order valence-electron chi connectivity index (χ1n) is 6.97. The van der Waals surface area contributed by atoms with Crippen LogP contribution in [0.25, 0.3) is 11.3 Å². The molecule has 108 valence electrons. The molecule has 0 unspecified atom stereocenters. The summed E-state index contributed by atoms with van der Waals surface area (Å²) in [7, 11) is 1.70. The van der Waals surface area contributed by atoms with Gasteiger partial charge < -0.3 is 10.1 Å². The molecule has 0 spiro atoms. The Hall–Kier alpha value is -1.39. The Labute approximate surface area is 125 Å². The first kappa shape index (κ1) is 15.0. The first-order valence-corrected chi connectivity index (χ1v) is 7.79. The molecule has 4 heteroatoms. The lowest BCUT2D eigenvalue weighted by Gasteiger charge is -2.06. The third-order valence-corrected chi connectivity index (χ3v) is 4.31. The van der Waals surface area contributed by atoms with E-state index in [0.717, 1.165) is 36.5 Å². The zero-order valence-electron chi connectivity index (χ0n) is 12.6. The summed E-state index contributed by atoms with van der Waals surface area (Å²) < 4.78 is 5.31. The third-order valence-electron chi connectivity index (χ3n) is 3.27. The second-order valence-electron chi connectivity index (χ2n) is 4.80. The molecule has 1 N–H and O–H groups in total. The van der Waals surface area contributed by atoms with Crippen molar-refractivity contribution in [3.8, 4) is 17.0 Å². The van der Waals surface area contributed by atoms with E-state index in [0.29, 0.717) is 0 Å². The van der Waals surface area contributed by atoms with Crippen LogP contribution in [0.4, 0.5) is 0 Å². The number of likely N-dealkylation sites (N-methyl/N-ethyl adjacent to an activating group) is 1. The fraction of sp³-hybridized carbons (Fsp3) is 0.438. The number of aromatic nitrogens is 1. The molecule has 1 heterocycles. The minimum atomic E-state index is 0.925. The van der Waals surface area contributed by atoms with Gasteiger partial charge >= 0.3 is 0 Å². The molecular formula is C16H22N2OS. The number of ether oxygens (including phenoxy) is 1. The molecule has 3 nitrogen and oxygen atoms in total. The van der Waals surface area contributed by atoms with Gasteiger partial charge in [0.25, 0.3) is 0 Å². The van der Waals surface area contributed by atoms with E-state index in [1.807, 2.05) is 6.07 Å². The van der Waals surface area contributed by atoms with E-state index >= 15 is 0 Å². The molecule has 0 saturated heterocycles. The molecule has 2 aromatic rings. The highest BCUT2D eigenvalue weighted by atomic mass is 32.1. The van der Waals surface area contributed by atoms with E-state index in [1.54, 1.807) is 18.4 Å². The monoisotopic (exact) mass is 290 g/mol. The summed E-state index contributed by atoms with van der Waals surface area (Å²) in [5.74, 6) is 0.925. The summed E-state index contributed by atoms with van der Waals surface area (Å²) in [5, 5.41) is 4.54. The quantitative estimate of drug-likeness (QED) is 0.826. The van der Waals surface area contributed by atoms with E-state index in [2.05, 4.69) is 38.2 Å². The zero-order valence-corrected chi connectivity index (χ0v) is 13.4. The summed E-state index contributed by atoms with van der Waals surface area (Å²) in [5.41, 5.74) is 3.42. The van der Waals surface area contributed by atoms with Crippen molar-refractivity contribution < 1.29 is 4.74 Å². The van der Waals surface area contributed by atoms with E-state index in [-0.39, 0.29) is 0 Å². The molecular weight excluding hydrogens is 268 g/mol. The van der Waals surface area contributed by atoms with Crippen molar-refractivity contribution >= 4 is 11.3 Å². The number of nitrogens with zero attached hydrogens (tertiary/aromatic N) is 1. The Balaban J connectivity index is 2.22. The normalized spacial score (nSPS) is 10.8. The van der Waals surface area contributed by atoms with Crippen LogP contribution in [0.5, 0.6) is 5.75 Å². The van der Waals surface area contributed by atoms with Gasteiger partial charge in [-0.2, -0.15) is 0 Å². The lowest BCUT2D eigenvalue weighted by Crippen LogP contribution is -2.15. The average molecular weight is 290 g/mol. The Bertz CT molecular complexity index is 578. The van der Waals surface area contributed by atoms with E-state index in [9.17, 15) is 0 Å². The van der Waals surface area contributed by atoms with Gasteiger partial charge in [-0.3, -0.25) is 0 Å². The van der Waals surface area contributed by atoms with Gasteiger partial charge in [-0.15, -0.1) is 11.3 Å². The van der Waals surface area contributed by atoms with Crippen molar-refractivity contribution in [2.75, 3.05) is 20.2 Å². The standard InChI is InChI=1S/C16H22N2OS/c1-5-17-9-8-15-18-16(12(3)20-15)13-6-7-14(19-4)11(2)10-13/h6-7,10,17H,5,8-9H2,1-4H3. The average Bonchev–Trinajstić information content (AvgIpc) is 2.80. The highest BCUT2D eigenvalue weighted by molar-refractivity contribution is 7.12. The third kappa shape index (κ3) is 3.38. The number of methoxy groups -OCH3 is 1. The van der Waals surface area contributed by atoms with Crippen molar-refractivity contribution in [3.05, 3.63) is 33.6 Å². The zero-order chi connectivity index (χ0) is 14.5. The van der Waals surface area contributed by atoms with Crippen molar-refractivity contribution in [3.63, 3.8) is 0 Å². The molecule has 0 aliphatic rings. The van der Waals surface area contributed by atoms with Crippen LogP contribution in [-0.4, -0.2) is 25.2 Å². The molecule has 1 aromatic heterocycles. The van der Waals surface area contributed by atoms with Crippen LogP contribution < -0.4 is 10.1 Å². The van der Waals surface area contributed by atoms with E-state index in [1.165, 1.54) is 15.4 Å². The number of benzene rings is 1. The van der Waals surface area contributed by atoms with Gasteiger partial charge in [0.15, 0.2) is 0 Å². The largest absolute Gasteiger partial charge is 0.496 e. The molecule has 1 aromatic carbocycles. The highest BCUT2D eigenvalue weighted by Crippen LogP contribution is 2.30. The second kappa shape index (κ2) is 6.86. The summed E-state index contributed by atoms with van der Waals surface area (Å²) in [4.78, 5) is 6.06. The van der Waals surface area contributed by atoms with Gasteiger partial charge in [0, 0.05) is 23.4 Å². The number of nitrogens with one attached hydrogen (secondary N) is 1. The number of rotatable bonds is 6. The maximum Gasteiger partial charge on any atom is 0.121 e. The number of thiazole rings is 1. The first-order chi connectivity index (χ1) is 9.65. The minimum Gasteiger partial charge on any atom is -0.496 e. The summed E-state index contributed by atoms with van der Waals surface area (Å²) in [6.07, 6.45) is 0.995. The van der Waals surface area contributed by atoms with Gasteiger partial charge in [0.05, 0.1) is 17.8 Å². The van der Waals surface area contributed by atoms with Crippen molar-refractivity contribution in [2.24, 2.45) is 0 Å². The number of hydrogen-bond donors (Lipinski definition) is 1. The molecule has 2 rings (SSSR count). The Morgan fingerprint density at radius 1 is 1.30 bits per heavy atom. The molecule has 0 aliphatic heterocycles. The summed E-state index contributed by atoms with van der Waals surface area (Å²) in [6, 6.07) is 6.25. The van der Waals surface area contributed by atoms with E-state index < -0.39 is 0 Å². The summed E-state index contributed by atoms with van der Waals surface area (Å²) >= 11 is 1.79. The van der Waals surface area contributed by atoms with Crippen LogP contribution in [0.15, 0.2) is 18.2 Å². The van der Waals surface area contributed by atoms with Gasteiger partial charge in [-0.25, -0.2) is 4.98 Å². The summed E-state index contributed by atoms with van der Waals surface area (Å²) in [6.45, 7) is 8.33. The predicted octanol–water partition coefficient (Wildman–Crippen LogP) is 3.59. The highest BCUT2D eigenvalue weighted by Gasteiger charge is 2.11. The fourth-order valence-electron chi connectivity index (χ4n) is 2.22. The maximum absolute atomic E-state index is 5.31. The van der Waals surface area contributed by atoms with Crippen LogP contribution >= 0.6 is 11.3 Å². The Morgan fingerprint density at radius 2 is 2.10 bits per heavy atom. The second-order valence-corrected chi connectivity index (χ2v) is 6.09. The van der Waals surface area contributed by atoms with Crippen molar-refractivity contribution in [1.29, 1.82) is 0 Å². The van der Waals surface area contributed by atoms with Crippen LogP contribution in [0, 0.1) is 13.8 Å².